The maximum absolute atomic E-state index is 5.31. The van der Waals surface area contributed by atoms with Crippen molar-refractivity contribution in [1.82, 2.24) is 15.5 Å². The van der Waals surface area contributed by atoms with Gasteiger partial charge in [-0.2, -0.15) is 4.98 Å². The standard InChI is InChI=1S/C12H23N3O/c1-6-10(13-5)9(4)12-14-11(15-16-12)7-8(2)3/h8-10,13H,6-7H2,1-5H3. The summed E-state index contributed by atoms with van der Waals surface area (Å²) in [5, 5.41) is 7.29. The fraction of sp³-hybridized carbons (Fsp3) is 0.833. The van der Waals surface area contributed by atoms with E-state index in [4.69, 9.17) is 4.52 Å². The van der Waals surface area contributed by atoms with Gasteiger partial charge < -0.3 is 9.84 Å². The second kappa shape index (κ2) is 5.99. The Hall–Kier alpha value is -0.900. The van der Waals surface area contributed by atoms with Gasteiger partial charge >= 0.3 is 0 Å². The third kappa shape index (κ3) is 3.30. The minimum absolute atomic E-state index is 0.267. The van der Waals surface area contributed by atoms with Crippen LogP contribution >= 0.6 is 0 Å². The monoisotopic (exact) mass is 225 g/mol. The quantitative estimate of drug-likeness (QED) is 0.807. The highest BCUT2D eigenvalue weighted by molar-refractivity contribution is 4.97. The molecule has 1 aromatic heterocycles. The van der Waals surface area contributed by atoms with Gasteiger partial charge in [0.25, 0.3) is 0 Å². The van der Waals surface area contributed by atoms with Crippen LogP contribution in [0.4, 0.5) is 0 Å². The summed E-state index contributed by atoms with van der Waals surface area (Å²) < 4.78 is 5.31. The molecule has 0 radical (unpaired) electrons. The van der Waals surface area contributed by atoms with Crippen molar-refractivity contribution in [2.24, 2.45) is 5.92 Å². The lowest BCUT2D eigenvalue weighted by Crippen LogP contribution is -2.30. The maximum atomic E-state index is 5.31. The van der Waals surface area contributed by atoms with Gasteiger partial charge in [-0.1, -0.05) is 32.9 Å². The number of hydrogen-bond acceptors (Lipinski definition) is 4. The molecule has 0 aliphatic heterocycles. The van der Waals surface area contributed by atoms with Gasteiger partial charge in [0.1, 0.15) is 0 Å². The largest absolute Gasteiger partial charge is 0.339 e. The zero-order valence-electron chi connectivity index (χ0n) is 10.9. The lowest BCUT2D eigenvalue weighted by molar-refractivity contribution is 0.323. The van der Waals surface area contributed by atoms with Crippen LogP contribution in [0.25, 0.3) is 0 Å². The molecular weight excluding hydrogens is 202 g/mol. The Balaban J connectivity index is 2.69. The molecule has 1 rings (SSSR count). The molecule has 0 aliphatic carbocycles. The summed E-state index contributed by atoms with van der Waals surface area (Å²) in [5.41, 5.74) is 0. The molecule has 0 amide bonds. The number of nitrogens with zero attached hydrogens (tertiary/aromatic N) is 2. The summed E-state index contributed by atoms with van der Waals surface area (Å²) in [6.07, 6.45) is 1.94. The van der Waals surface area contributed by atoms with Crippen LogP contribution in [0.5, 0.6) is 0 Å². The fourth-order valence-corrected chi connectivity index (χ4v) is 1.88. The van der Waals surface area contributed by atoms with Gasteiger partial charge in [0.05, 0.1) is 5.92 Å². The molecule has 0 spiro atoms. The lowest BCUT2D eigenvalue weighted by Gasteiger charge is -2.18. The third-order valence-corrected chi connectivity index (χ3v) is 2.88. The summed E-state index contributed by atoms with van der Waals surface area (Å²) in [6, 6.07) is 0.396. The Bertz CT molecular complexity index is 305. The molecule has 0 saturated heterocycles. The Morgan fingerprint density at radius 1 is 1.31 bits per heavy atom. The smallest absolute Gasteiger partial charge is 0.231 e. The van der Waals surface area contributed by atoms with E-state index in [0.29, 0.717) is 12.0 Å². The molecule has 0 bridgehead atoms. The first-order valence-corrected chi connectivity index (χ1v) is 6.08. The maximum Gasteiger partial charge on any atom is 0.231 e. The Labute approximate surface area is 97.8 Å². The predicted octanol–water partition coefficient (Wildman–Crippen LogP) is 2.37. The second-order valence-corrected chi connectivity index (χ2v) is 4.74. The molecule has 1 aromatic rings. The van der Waals surface area contributed by atoms with Crippen molar-refractivity contribution in [2.75, 3.05) is 7.05 Å². The summed E-state index contributed by atoms with van der Waals surface area (Å²) in [7, 11) is 1.97. The van der Waals surface area contributed by atoms with E-state index in [-0.39, 0.29) is 5.92 Å². The zero-order chi connectivity index (χ0) is 12.1. The second-order valence-electron chi connectivity index (χ2n) is 4.74. The first kappa shape index (κ1) is 13.2. The van der Waals surface area contributed by atoms with Crippen molar-refractivity contribution >= 4 is 0 Å². The zero-order valence-corrected chi connectivity index (χ0v) is 10.9. The highest BCUT2D eigenvalue weighted by atomic mass is 16.5. The number of rotatable bonds is 6. The molecule has 0 aliphatic rings. The SMILES string of the molecule is CCC(NC)C(C)c1nc(CC(C)C)no1. The average Bonchev–Trinajstić information content (AvgIpc) is 2.67. The van der Waals surface area contributed by atoms with E-state index in [0.717, 1.165) is 24.6 Å². The van der Waals surface area contributed by atoms with Gasteiger partial charge in [0.2, 0.25) is 5.89 Å². The van der Waals surface area contributed by atoms with Crippen molar-refractivity contribution in [1.29, 1.82) is 0 Å². The van der Waals surface area contributed by atoms with Crippen molar-refractivity contribution < 1.29 is 4.52 Å². The van der Waals surface area contributed by atoms with Gasteiger partial charge in [-0.25, -0.2) is 0 Å². The number of likely N-dealkylation sites (N-methyl/N-ethyl adjacent to an activating group) is 1. The van der Waals surface area contributed by atoms with Crippen LogP contribution in [0.15, 0.2) is 4.52 Å². The number of nitrogens with one attached hydrogen (secondary N) is 1. The Morgan fingerprint density at radius 3 is 2.50 bits per heavy atom. The van der Waals surface area contributed by atoms with Crippen LogP contribution in [0.3, 0.4) is 0 Å². The molecule has 92 valence electrons. The van der Waals surface area contributed by atoms with Crippen molar-refractivity contribution in [3.63, 3.8) is 0 Å². The van der Waals surface area contributed by atoms with Crippen LogP contribution in [0.1, 0.15) is 51.7 Å². The van der Waals surface area contributed by atoms with Crippen LogP contribution in [0.2, 0.25) is 0 Å². The summed E-state index contributed by atoms with van der Waals surface area (Å²) in [6.45, 7) is 8.59. The van der Waals surface area contributed by atoms with E-state index in [1.807, 2.05) is 7.05 Å². The van der Waals surface area contributed by atoms with Crippen LogP contribution in [-0.2, 0) is 6.42 Å². The molecule has 2 atom stereocenters. The molecule has 0 aromatic carbocycles. The minimum Gasteiger partial charge on any atom is -0.339 e. The van der Waals surface area contributed by atoms with E-state index in [2.05, 4.69) is 43.2 Å². The predicted molar refractivity (Wildman–Crippen MR) is 64.4 cm³/mol. The minimum atomic E-state index is 0.267. The molecule has 0 fully saturated rings. The molecular formula is C12H23N3O. The van der Waals surface area contributed by atoms with E-state index in [1.165, 1.54) is 0 Å². The van der Waals surface area contributed by atoms with Gasteiger partial charge in [-0.05, 0) is 19.4 Å². The van der Waals surface area contributed by atoms with Crippen LogP contribution in [0, 0.1) is 5.92 Å². The molecule has 4 heteroatoms. The van der Waals surface area contributed by atoms with Gasteiger partial charge in [0.15, 0.2) is 5.82 Å². The first-order chi connectivity index (χ1) is 7.58. The van der Waals surface area contributed by atoms with Gasteiger partial charge in [-0.3, -0.25) is 0 Å². The van der Waals surface area contributed by atoms with E-state index in [9.17, 15) is 0 Å². The lowest BCUT2D eigenvalue weighted by atomic mass is 10.00. The molecule has 4 nitrogen and oxygen atoms in total. The van der Waals surface area contributed by atoms with Crippen LogP contribution in [-0.4, -0.2) is 23.2 Å². The summed E-state index contributed by atoms with van der Waals surface area (Å²) in [5.74, 6) is 2.40. The number of aromatic nitrogens is 2. The van der Waals surface area contributed by atoms with Gasteiger partial charge in [0, 0.05) is 12.5 Å². The molecule has 0 saturated carbocycles. The summed E-state index contributed by atoms with van der Waals surface area (Å²) in [4.78, 5) is 4.45. The highest BCUT2D eigenvalue weighted by Crippen LogP contribution is 2.19. The highest BCUT2D eigenvalue weighted by Gasteiger charge is 2.21. The van der Waals surface area contributed by atoms with Crippen molar-refractivity contribution in [3.05, 3.63) is 11.7 Å². The molecule has 2 unspecified atom stereocenters. The normalized spacial score (nSPS) is 15.4. The van der Waals surface area contributed by atoms with Gasteiger partial charge in [-0.15, -0.1) is 0 Å². The van der Waals surface area contributed by atoms with E-state index >= 15 is 0 Å². The first-order valence-electron chi connectivity index (χ1n) is 6.08. The Morgan fingerprint density at radius 2 is 2.00 bits per heavy atom. The summed E-state index contributed by atoms with van der Waals surface area (Å²) >= 11 is 0. The molecule has 16 heavy (non-hydrogen) atoms. The van der Waals surface area contributed by atoms with Crippen LogP contribution < -0.4 is 5.32 Å². The molecule has 1 heterocycles. The Kier molecular flexibility index (Phi) is 4.93. The van der Waals surface area contributed by atoms with E-state index in [1.54, 1.807) is 0 Å². The number of hydrogen-bond donors (Lipinski definition) is 1. The fourth-order valence-electron chi connectivity index (χ4n) is 1.88. The van der Waals surface area contributed by atoms with Crippen molar-refractivity contribution in [2.45, 2.75) is 52.5 Å². The third-order valence-electron chi connectivity index (χ3n) is 2.88. The van der Waals surface area contributed by atoms with E-state index < -0.39 is 0 Å². The molecule has 1 N–H and O–H groups in total. The topological polar surface area (TPSA) is 51.0 Å². The average molecular weight is 225 g/mol. The van der Waals surface area contributed by atoms with Crippen molar-refractivity contribution in [3.8, 4) is 0 Å².